The summed E-state index contributed by atoms with van der Waals surface area (Å²) in [5.41, 5.74) is 9.48. The summed E-state index contributed by atoms with van der Waals surface area (Å²) in [6.45, 7) is 0.962. The fourth-order valence-corrected chi connectivity index (χ4v) is 5.78. The van der Waals surface area contributed by atoms with Crippen LogP contribution in [0.2, 0.25) is 0 Å². The van der Waals surface area contributed by atoms with E-state index in [4.69, 9.17) is 16.3 Å². The zero-order valence-corrected chi connectivity index (χ0v) is 22.6. The number of carbonyl (C=O) groups excluding carboxylic acids is 2. The first-order valence-corrected chi connectivity index (χ1v) is 14.3. The molecule has 3 heterocycles. The van der Waals surface area contributed by atoms with Crippen LogP contribution in [0.5, 0.6) is 0 Å². The maximum atomic E-state index is 13.3. The number of β-lactam (4-membered cyclic amide) rings is 1. The van der Waals surface area contributed by atoms with Crippen LogP contribution in [0.4, 0.5) is 5.13 Å². The molecule has 1 aliphatic carbocycles. The van der Waals surface area contributed by atoms with E-state index in [0.29, 0.717) is 38.2 Å². The van der Waals surface area contributed by atoms with E-state index in [1.54, 1.807) is 0 Å². The molecule has 2 aromatic heterocycles. The van der Waals surface area contributed by atoms with Crippen molar-refractivity contribution in [3.63, 3.8) is 0 Å². The molecule has 2 fully saturated rings. The molecular weight excluding hydrogens is 572 g/mol. The zero-order chi connectivity index (χ0) is 29.1. The van der Waals surface area contributed by atoms with Crippen molar-refractivity contribution in [3.8, 4) is 0 Å². The number of carboxylic acid groups (broad SMARTS) is 1. The Balaban J connectivity index is 1.56. The van der Waals surface area contributed by atoms with Gasteiger partial charge in [-0.05, 0) is 12.8 Å². The molecule has 0 aromatic carbocycles. The lowest BCUT2D eigenvalue weighted by atomic mass is 9.98. The molecule has 18 nitrogen and oxygen atoms in total. The van der Waals surface area contributed by atoms with Crippen molar-refractivity contribution in [2.75, 3.05) is 18.8 Å². The van der Waals surface area contributed by atoms with Gasteiger partial charge in [-0.1, -0.05) is 5.16 Å². The third kappa shape index (κ3) is 6.20. The lowest BCUT2D eigenvalue weighted by Crippen LogP contribution is -2.73. The minimum atomic E-state index is -4.98. The summed E-state index contributed by atoms with van der Waals surface area (Å²) < 4.78 is 33.6. The van der Waals surface area contributed by atoms with Gasteiger partial charge < -0.3 is 32.0 Å². The summed E-state index contributed by atoms with van der Waals surface area (Å²) in [6.07, 6.45) is 2.94. The van der Waals surface area contributed by atoms with Crippen molar-refractivity contribution in [2.24, 2.45) is 10.9 Å². The van der Waals surface area contributed by atoms with E-state index >= 15 is 0 Å². The Kier molecular flexibility index (Phi) is 8.63. The Labute approximate surface area is 231 Å². The predicted octanol–water partition coefficient (Wildman–Crippen LogP) is -2.32. The summed E-state index contributed by atoms with van der Waals surface area (Å²) >= 11 is 0.983. The van der Waals surface area contributed by atoms with Crippen LogP contribution >= 0.6 is 11.3 Å². The number of nitrogens with two attached hydrogens (primary N) is 2. The van der Waals surface area contributed by atoms with Crippen molar-refractivity contribution in [2.45, 2.75) is 56.5 Å². The lowest BCUT2D eigenvalue weighted by Gasteiger charge is -2.43. The SMILES string of the molecule is NCCNCc1cnn(C[C@@H]2[C@H](NC(=O)/C(=N\OC3(C(=O)O)CCCC3)c3csc(N)n3)C(=O)N2S(=O)(=O)O)n1. The van der Waals surface area contributed by atoms with Crippen molar-refractivity contribution in [1.29, 1.82) is 0 Å². The average molecular weight is 601 g/mol. The Bertz CT molecular complexity index is 1400. The number of aromatic nitrogens is 4. The maximum Gasteiger partial charge on any atom is 0.362 e. The van der Waals surface area contributed by atoms with Gasteiger partial charge in [-0.2, -0.15) is 23.4 Å². The topological polar surface area (TPSA) is 270 Å². The van der Waals surface area contributed by atoms with Gasteiger partial charge in [-0.3, -0.25) is 14.1 Å². The second kappa shape index (κ2) is 11.8. The molecule has 1 aliphatic heterocycles. The van der Waals surface area contributed by atoms with Crippen LogP contribution < -0.4 is 22.1 Å². The molecule has 1 saturated heterocycles. The van der Waals surface area contributed by atoms with Gasteiger partial charge in [-0.15, -0.1) is 11.3 Å². The number of nitrogens with zero attached hydrogens (tertiary/aromatic N) is 6. The molecule has 218 valence electrons. The number of rotatable bonds is 13. The summed E-state index contributed by atoms with van der Waals surface area (Å²) in [7, 11) is -4.98. The standard InChI is InChI=1S/C20H28N10O8S2/c21-5-6-23-7-11-8-24-29(27-11)9-13-15(17(32)30(13)40(35,36)37)26-16(31)14(12-10-39-19(22)25-12)28-38-20(18(33)34)3-1-2-4-20/h8,10,13,15,23H,1-7,9,21H2,(H2,22,25)(H,26,31)(H,33,34)(H,35,36,37)/b28-14-/t13-,15+/m1/s1. The number of amides is 2. The fraction of sp³-hybridized carbons (Fsp3) is 0.550. The Morgan fingerprint density at radius 3 is 2.65 bits per heavy atom. The molecule has 0 bridgehead atoms. The van der Waals surface area contributed by atoms with Gasteiger partial charge in [0, 0.05) is 37.9 Å². The molecule has 20 heteroatoms. The third-order valence-corrected chi connectivity index (χ3v) is 7.98. The van der Waals surface area contributed by atoms with Crippen LogP contribution in [0.25, 0.3) is 0 Å². The summed E-state index contributed by atoms with van der Waals surface area (Å²) in [4.78, 5) is 48.4. The number of carboxylic acids is 1. The normalized spacial score (nSPS) is 20.8. The molecule has 2 aromatic rings. The Morgan fingerprint density at radius 2 is 2.05 bits per heavy atom. The highest BCUT2D eigenvalue weighted by Crippen LogP contribution is 2.34. The van der Waals surface area contributed by atoms with E-state index in [0.717, 1.165) is 16.1 Å². The number of nitrogens with one attached hydrogen (secondary N) is 2. The molecule has 2 amide bonds. The first kappa shape index (κ1) is 29.3. The van der Waals surface area contributed by atoms with E-state index in [9.17, 15) is 32.5 Å². The van der Waals surface area contributed by atoms with E-state index < -0.39 is 51.5 Å². The molecule has 0 unspecified atom stereocenters. The van der Waals surface area contributed by atoms with Crippen LogP contribution in [-0.4, -0.2) is 96.6 Å². The minimum absolute atomic E-state index is 0.0446. The highest BCUT2D eigenvalue weighted by Gasteiger charge is 2.55. The van der Waals surface area contributed by atoms with Crippen LogP contribution in [0.3, 0.4) is 0 Å². The molecule has 0 spiro atoms. The third-order valence-electron chi connectivity index (χ3n) is 6.36. The monoisotopic (exact) mass is 600 g/mol. The molecule has 40 heavy (non-hydrogen) atoms. The largest absolute Gasteiger partial charge is 0.478 e. The number of carbonyl (C=O) groups is 3. The zero-order valence-electron chi connectivity index (χ0n) is 21.0. The van der Waals surface area contributed by atoms with Crippen molar-refractivity contribution < 1.29 is 37.3 Å². The van der Waals surface area contributed by atoms with E-state index in [-0.39, 0.29) is 34.5 Å². The highest BCUT2D eigenvalue weighted by atomic mass is 32.2. The second-order valence-corrected chi connectivity index (χ2v) is 11.3. The van der Waals surface area contributed by atoms with E-state index in [1.165, 1.54) is 11.6 Å². The van der Waals surface area contributed by atoms with E-state index in [1.807, 2.05) is 0 Å². The molecule has 8 N–H and O–H groups in total. The van der Waals surface area contributed by atoms with Crippen LogP contribution in [-0.2, 0) is 42.6 Å². The summed E-state index contributed by atoms with van der Waals surface area (Å²) in [5.74, 6) is -3.37. The minimum Gasteiger partial charge on any atom is -0.478 e. The number of hydrogen-bond acceptors (Lipinski definition) is 14. The number of hydrogen-bond donors (Lipinski definition) is 6. The van der Waals surface area contributed by atoms with Crippen LogP contribution in [0.15, 0.2) is 16.7 Å². The number of nitrogen functional groups attached to an aromatic ring is 1. The van der Waals surface area contributed by atoms with Gasteiger partial charge in [0.15, 0.2) is 10.8 Å². The van der Waals surface area contributed by atoms with Gasteiger partial charge in [0.25, 0.3) is 11.8 Å². The van der Waals surface area contributed by atoms with E-state index in [2.05, 4.69) is 31.0 Å². The molecule has 1 saturated carbocycles. The first-order chi connectivity index (χ1) is 18.9. The van der Waals surface area contributed by atoms with Crippen LogP contribution in [0, 0.1) is 0 Å². The van der Waals surface area contributed by atoms with Crippen molar-refractivity contribution >= 4 is 50.3 Å². The van der Waals surface area contributed by atoms with Gasteiger partial charge >= 0.3 is 16.3 Å². The Hall–Kier alpha value is -3.72. The van der Waals surface area contributed by atoms with Gasteiger partial charge in [0.05, 0.1) is 18.4 Å². The number of aliphatic carboxylic acids is 1. The van der Waals surface area contributed by atoms with Crippen molar-refractivity contribution in [3.05, 3.63) is 23.0 Å². The van der Waals surface area contributed by atoms with Crippen molar-refractivity contribution in [1.82, 2.24) is 34.9 Å². The second-order valence-electron chi connectivity index (χ2n) is 9.10. The lowest BCUT2D eigenvalue weighted by molar-refractivity contribution is -0.165. The number of anilines is 1. The summed E-state index contributed by atoms with van der Waals surface area (Å²) in [5, 5.41) is 28.6. The molecular formula is C20H28N10O8S2. The molecule has 2 atom stereocenters. The fourth-order valence-electron chi connectivity index (χ4n) is 4.36. The van der Waals surface area contributed by atoms with Gasteiger partial charge in [0.2, 0.25) is 5.60 Å². The average Bonchev–Trinajstić information content (AvgIpc) is 3.64. The molecule has 4 rings (SSSR count). The quantitative estimate of drug-likeness (QED) is 0.0463. The number of oxime groups is 1. The number of thiazole rings is 1. The van der Waals surface area contributed by atoms with Gasteiger partial charge in [0.1, 0.15) is 17.8 Å². The van der Waals surface area contributed by atoms with Crippen LogP contribution in [0.1, 0.15) is 37.1 Å². The Morgan fingerprint density at radius 1 is 1.32 bits per heavy atom. The summed E-state index contributed by atoms with van der Waals surface area (Å²) in [6, 6.07) is -2.74. The predicted molar refractivity (Wildman–Crippen MR) is 138 cm³/mol. The first-order valence-electron chi connectivity index (χ1n) is 12.1. The molecule has 0 radical (unpaired) electrons. The molecule has 2 aliphatic rings. The van der Waals surface area contributed by atoms with Gasteiger partial charge in [-0.25, -0.2) is 14.1 Å². The maximum absolute atomic E-state index is 13.3. The highest BCUT2D eigenvalue weighted by molar-refractivity contribution is 7.84. The smallest absolute Gasteiger partial charge is 0.362 e.